The zero-order chi connectivity index (χ0) is 23.9. The van der Waals surface area contributed by atoms with Crippen LogP contribution in [0.3, 0.4) is 0 Å². The molecular formula is C28H29FN2O3. The van der Waals surface area contributed by atoms with Gasteiger partial charge in [0.15, 0.2) is 0 Å². The Balaban J connectivity index is 1.48. The van der Waals surface area contributed by atoms with Gasteiger partial charge < -0.3 is 15.0 Å². The molecule has 1 saturated heterocycles. The molecule has 1 heterocycles. The van der Waals surface area contributed by atoms with Gasteiger partial charge in [0.25, 0.3) is 5.91 Å². The van der Waals surface area contributed by atoms with Crippen LogP contribution in [-0.4, -0.2) is 43.5 Å². The van der Waals surface area contributed by atoms with Crippen molar-refractivity contribution in [3.63, 3.8) is 0 Å². The molecule has 1 fully saturated rings. The third kappa shape index (κ3) is 5.45. The molecule has 1 N–H and O–H groups in total. The van der Waals surface area contributed by atoms with Crippen LogP contribution < -0.4 is 10.1 Å². The number of para-hydroxylation sites is 1. The normalized spacial score (nSPS) is 17.8. The number of likely N-dealkylation sites (tertiary alicyclic amines) is 1. The first-order valence-electron chi connectivity index (χ1n) is 11.5. The average Bonchev–Trinajstić information content (AvgIpc) is 2.89. The van der Waals surface area contributed by atoms with Crippen LogP contribution in [0, 0.1) is 11.7 Å². The van der Waals surface area contributed by atoms with E-state index in [1.807, 2.05) is 54.6 Å². The van der Waals surface area contributed by atoms with Gasteiger partial charge >= 0.3 is 0 Å². The Hall–Kier alpha value is -3.67. The van der Waals surface area contributed by atoms with Crippen molar-refractivity contribution in [1.82, 2.24) is 10.2 Å². The van der Waals surface area contributed by atoms with Crippen LogP contribution in [0.5, 0.6) is 5.75 Å². The van der Waals surface area contributed by atoms with Crippen molar-refractivity contribution in [2.24, 2.45) is 5.92 Å². The predicted octanol–water partition coefficient (Wildman–Crippen LogP) is 4.44. The summed E-state index contributed by atoms with van der Waals surface area (Å²) in [4.78, 5) is 27.9. The van der Waals surface area contributed by atoms with Gasteiger partial charge in [-0.2, -0.15) is 0 Å². The molecule has 1 aliphatic heterocycles. The highest BCUT2D eigenvalue weighted by Crippen LogP contribution is 2.31. The first-order valence-corrected chi connectivity index (χ1v) is 11.5. The molecule has 176 valence electrons. The number of halogens is 1. The number of ether oxygens (including phenoxy) is 1. The van der Waals surface area contributed by atoms with E-state index in [-0.39, 0.29) is 35.8 Å². The molecule has 0 radical (unpaired) electrons. The van der Waals surface area contributed by atoms with E-state index in [0.717, 1.165) is 16.9 Å². The van der Waals surface area contributed by atoms with Crippen LogP contribution in [0.25, 0.3) is 0 Å². The van der Waals surface area contributed by atoms with E-state index in [0.29, 0.717) is 25.9 Å². The van der Waals surface area contributed by atoms with Crippen LogP contribution >= 0.6 is 0 Å². The van der Waals surface area contributed by atoms with Gasteiger partial charge in [-0.1, -0.05) is 60.7 Å². The molecule has 6 heteroatoms. The second-order valence-electron chi connectivity index (χ2n) is 8.58. The summed E-state index contributed by atoms with van der Waals surface area (Å²) in [6, 6.07) is 23.6. The van der Waals surface area contributed by atoms with Gasteiger partial charge in [-0.05, 0) is 42.2 Å². The van der Waals surface area contributed by atoms with Crippen molar-refractivity contribution < 1.29 is 18.7 Å². The molecule has 34 heavy (non-hydrogen) atoms. The van der Waals surface area contributed by atoms with Crippen LogP contribution in [0.2, 0.25) is 0 Å². The highest BCUT2D eigenvalue weighted by atomic mass is 19.1. The highest BCUT2D eigenvalue weighted by molar-refractivity contribution is 5.95. The summed E-state index contributed by atoms with van der Waals surface area (Å²) in [5, 5.41) is 3.03. The van der Waals surface area contributed by atoms with E-state index in [9.17, 15) is 14.0 Å². The number of nitrogens with one attached hydrogen (secondary N) is 1. The fraction of sp³-hybridized carbons (Fsp3) is 0.286. The number of hydrogen-bond donors (Lipinski definition) is 1. The fourth-order valence-electron chi connectivity index (χ4n) is 4.60. The van der Waals surface area contributed by atoms with Crippen molar-refractivity contribution in [1.29, 1.82) is 0 Å². The minimum absolute atomic E-state index is 0.00404. The monoisotopic (exact) mass is 460 g/mol. The van der Waals surface area contributed by atoms with E-state index in [1.54, 1.807) is 24.1 Å². The summed E-state index contributed by atoms with van der Waals surface area (Å²) >= 11 is 0. The first kappa shape index (κ1) is 23.5. The van der Waals surface area contributed by atoms with Crippen LogP contribution in [0.1, 0.15) is 33.8 Å². The van der Waals surface area contributed by atoms with Gasteiger partial charge in [0.2, 0.25) is 5.91 Å². The van der Waals surface area contributed by atoms with Crippen molar-refractivity contribution in [2.45, 2.75) is 18.8 Å². The molecule has 2 amide bonds. The van der Waals surface area contributed by atoms with Gasteiger partial charge in [0.1, 0.15) is 11.6 Å². The summed E-state index contributed by atoms with van der Waals surface area (Å²) in [7, 11) is 1.63. The molecule has 4 rings (SSSR count). The Labute approximate surface area is 199 Å². The molecule has 3 aromatic rings. The Morgan fingerprint density at radius 1 is 0.971 bits per heavy atom. The quantitative estimate of drug-likeness (QED) is 0.567. The fourth-order valence-corrected chi connectivity index (χ4v) is 4.60. The van der Waals surface area contributed by atoms with Crippen molar-refractivity contribution >= 4 is 11.8 Å². The molecule has 0 unspecified atom stereocenters. The maximum Gasteiger partial charge on any atom is 0.256 e. The second kappa shape index (κ2) is 11.0. The molecule has 0 aliphatic carbocycles. The van der Waals surface area contributed by atoms with Gasteiger partial charge in [-0.3, -0.25) is 9.59 Å². The molecule has 1 aliphatic rings. The summed E-state index contributed by atoms with van der Waals surface area (Å²) in [6.07, 6.45) is 1.27. The third-order valence-electron chi connectivity index (χ3n) is 6.37. The predicted molar refractivity (Wildman–Crippen MR) is 129 cm³/mol. The number of hydrogen-bond acceptors (Lipinski definition) is 3. The molecule has 0 aromatic heterocycles. The molecule has 0 bridgehead atoms. The summed E-state index contributed by atoms with van der Waals surface area (Å²) in [5.41, 5.74) is 2.12. The number of carbonyl (C=O) groups excluding carboxylic acids is 2. The lowest BCUT2D eigenvalue weighted by Gasteiger charge is -2.37. The number of rotatable bonds is 7. The Morgan fingerprint density at radius 3 is 2.44 bits per heavy atom. The Kier molecular flexibility index (Phi) is 7.58. The molecule has 2 atom stereocenters. The van der Waals surface area contributed by atoms with Crippen LogP contribution in [0.15, 0.2) is 78.9 Å². The zero-order valence-corrected chi connectivity index (χ0v) is 19.2. The standard InChI is InChI=1S/C28H29FN2O3/c1-34-26-14-8-5-11-21(26)15-16-30-27(32)23-17-22(20-9-3-2-4-10-20)18-31(19-23)28(33)24-12-6-7-13-25(24)29/h2-14,22-23H,15-19H2,1H3,(H,30,32)/t22-,23-/m0/s1. The lowest BCUT2D eigenvalue weighted by molar-refractivity contribution is -0.126. The molecule has 0 spiro atoms. The SMILES string of the molecule is COc1ccccc1CCNC(=O)[C@H]1C[C@H](c2ccccc2)CN(C(=O)c2ccccc2F)C1. The van der Waals surface area contributed by atoms with Crippen molar-refractivity contribution in [3.8, 4) is 5.75 Å². The lowest BCUT2D eigenvalue weighted by atomic mass is 9.83. The lowest BCUT2D eigenvalue weighted by Crippen LogP contribution is -2.48. The Morgan fingerprint density at radius 2 is 1.68 bits per heavy atom. The maximum absolute atomic E-state index is 14.3. The zero-order valence-electron chi connectivity index (χ0n) is 19.2. The molecule has 3 aromatic carbocycles. The van der Waals surface area contributed by atoms with E-state index >= 15 is 0 Å². The van der Waals surface area contributed by atoms with Gasteiger partial charge in [-0.25, -0.2) is 4.39 Å². The number of nitrogens with zero attached hydrogens (tertiary/aromatic N) is 1. The number of methoxy groups -OCH3 is 1. The topological polar surface area (TPSA) is 58.6 Å². The van der Waals surface area contributed by atoms with Crippen molar-refractivity contribution in [2.75, 3.05) is 26.7 Å². The molecular weight excluding hydrogens is 431 g/mol. The number of benzene rings is 3. The average molecular weight is 461 g/mol. The second-order valence-corrected chi connectivity index (χ2v) is 8.58. The van der Waals surface area contributed by atoms with Crippen LogP contribution in [-0.2, 0) is 11.2 Å². The highest BCUT2D eigenvalue weighted by Gasteiger charge is 2.35. The van der Waals surface area contributed by atoms with Crippen LogP contribution in [0.4, 0.5) is 4.39 Å². The number of piperidine rings is 1. The van der Waals surface area contributed by atoms with Gasteiger partial charge in [-0.15, -0.1) is 0 Å². The maximum atomic E-state index is 14.3. The van der Waals surface area contributed by atoms with E-state index in [1.165, 1.54) is 12.1 Å². The smallest absolute Gasteiger partial charge is 0.256 e. The number of amides is 2. The third-order valence-corrected chi connectivity index (χ3v) is 6.37. The summed E-state index contributed by atoms with van der Waals surface area (Å²) in [6.45, 7) is 1.17. The van der Waals surface area contributed by atoms with Crippen molar-refractivity contribution in [3.05, 3.63) is 101 Å². The minimum atomic E-state index is -0.549. The Bertz CT molecular complexity index is 1140. The molecule has 5 nitrogen and oxygen atoms in total. The van der Waals surface area contributed by atoms with E-state index in [2.05, 4.69) is 5.32 Å². The summed E-state index contributed by atoms with van der Waals surface area (Å²) in [5.74, 6) is -0.622. The molecule has 0 saturated carbocycles. The largest absolute Gasteiger partial charge is 0.496 e. The number of carbonyl (C=O) groups is 2. The van der Waals surface area contributed by atoms with E-state index < -0.39 is 5.82 Å². The minimum Gasteiger partial charge on any atom is -0.496 e. The first-order chi connectivity index (χ1) is 16.6. The van der Waals surface area contributed by atoms with Gasteiger partial charge in [0.05, 0.1) is 18.6 Å². The van der Waals surface area contributed by atoms with E-state index in [4.69, 9.17) is 4.74 Å². The van der Waals surface area contributed by atoms with Gasteiger partial charge in [0, 0.05) is 25.6 Å². The summed E-state index contributed by atoms with van der Waals surface area (Å²) < 4.78 is 19.7.